The van der Waals surface area contributed by atoms with E-state index in [-0.39, 0.29) is 42.4 Å². The highest BCUT2D eigenvalue weighted by Crippen LogP contribution is 2.30. The predicted molar refractivity (Wildman–Crippen MR) is 116 cm³/mol. The minimum absolute atomic E-state index is 0.00854. The second-order valence-electron chi connectivity index (χ2n) is 7.45. The van der Waals surface area contributed by atoms with Crippen LogP contribution in [0.15, 0.2) is 65.4 Å². The quantitative estimate of drug-likeness (QED) is 0.379. The molecule has 0 aliphatic carbocycles. The minimum Gasteiger partial charge on any atom is -0.491 e. The Balaban J connectivity index is 1.40. The lowest BCUT2D eigenvalue weighted by Gasteiger charge is -2.06. The number of fused-ring (bicyclic) bond motifs is 1. The van der Waals surface area contributed by atoms with Crippen LogP contribution in [0.4, 0.5) is 13.2 Å². The van der Waals surface area contributed by atoms with Crippen molar-refractivity contribution in [1.29, 1.82) is 0 Å². The Morgan fingerprint density at radius 3 is 2.53 bits per heavy atom. The van der Waals surface area contributed by atoms with Crippen LogP contribution in [0.2, 0.25) is 0 Å². The molecular weight excluding hydrogens is 449 g/mol. The van der Waals surface area contributed by atoms with Crippen molar-refractivity contribution in [3.63, 3.8) is 0 Å². The molecule has 0 atom stereocenters. The summed E-state index contributed by atoms with van der Waals surface area (Å²) < 4.78 is 54.3. The SMILES string of the molecule is OCCOc1ccc(F)c(-c2nc3ccn(Cc4cc(-c5cc(F)ccc5F)no4)cc-3n2)c1. The maximum atomic E-state index is 14.4. The van der Waals surface area contributed by atoms with Crippen molar-refractivity contribution in [3.05, 3.63) is 84.1 Å². The molecule has 0 amide bonds. The van der Waals surface area contributed by atoms with Crippen molar-refractivity contribution >= 4 is 0 Å². The Bertz CT molecular complexity index is 1430. The third-order valence-corrected chi connectivity index (χ3v) is 5.07. The van der Waals surface area contributed by atoms with Crippen molar-refractivity contribution in [3.8, 4) is 39.8 Å². The normalized spacial score (nSPS) is 11.3. The molecule has 1 N–H and O–H groups in total. The number of imidazole rings is 1. The molecule has 0 saturated heterocycles. The first kappa shape index (κ1) is 21.7. The molecule has 10 heteroatoms. The van der Waals surface area contributed by atoms with Gasteiger partial charge in [-0.1, -0.05) is 5.16 Å². The van der Waals surface area contributed by atoms with Crippen LogP contribution < -0.4 is 4.74 Å². The summed E-state index contributed by atoms with van der Waals surface area (Å²) in [5, 5.41) is 12.7. The van der Waals surface area contributed by atoms with Gasteiger partial charge in [0.15, 0.2) is 11.6 Å². The highest BCUT2D eigenvalue weighted by atomic mass is 19.1. The van der Waals surface area contributed by atoms with Gasteiger partial charge in [0.25, 0.3) is 0 Å². The molecule has 0 spiro atoms. The van der Waals surface area contributed by atoms with E-state index in [0.29, 0.717) is 22.9 Å². The number of aromatic nitrogens is 4. The van der Waals surface area contributed by atoms with E-state index < -0.39 is 17.5 Å². The van der Waals surface area contributed by atoms with Gasteiger partial charge >= 0.3 is 0 Å². The summed E-state index contributed by atoms with van der Waals surface area (Å²) in [6.07, 6.45) is 3.45. The highest BCUT2D eigenvalue weighted by molar-refractivity contribution is 5.67. The van der Waals surface area contributed by atoms with Crippen molar-refractivity contribution < 1.29 is 27.5 Å². The maximum absolute atomic E-state index is 14.4. The Morgan fingerprint density at radius 2 is 1.68 bits per heavy atom. The molecule has 172 valence electrons. The molecule has 3 heterocycles. The molecule has 0 unspecified atom stereocenters. The van der Waals surface area contributed by atoms with Crippen molar-refractivity contribution in [2.24, 2.45) is 0 Å². The number of aliphatic hydroxyl groups is 1. The summed E-state index contributed by atoms with van der Waals surface area (Å²) in [7, 11) is 0. The molecule has 7 nitrogen and oxygen atoms in total. The van der Waals surface area contributed by atoms with Gasteiger partial charge in [0, 0.05) is 24.0 Å². The lowest BCUT2D eigenvalue weighted by Crippen LogP contribution is -2.02. The average Bonchev–Trinajstić information content (AvgIpc) is 3.47. The van der Waals surface area contributed by atoms with Gasteiger partial charge in [-0.2, -0.15) is 0 Å². The molecule has 34 heavy (non-hydrogen) atoms. The number of ether oxygens (including phenoxy) is 1. The van der Waals surface area contributed by atoms with E-state index in [4.69, 9.17) is 14.4 Å². The largest absolute Gasteiger partial charge is 0.491 e. The van der Waals surface area contributed by atoms with Crippen molar-refractivity contribution in [2.45, 2.75) is 6.54 Å². The number of benzene rings is 2. The fourth-order valence-electron chi connectivity index (χ4n) is 3.49. The zero-order valence-corrected chi connectivity index (χ0v) is 17.6. The lowest BCUT2D eigenvalue weighted by molar-refractivity contribution is 0.201. The number of rotatable bonds is 7. The molecular formula is C24H17F3N4O3. The van der Waals surface area contributed by atoms with Gasteiger partial charge in [0.1, 0.15) is 41.2 Å². The van der Waals surface area contributed by atoms with E-state index >= 15 is 0 Å². The molecule has 5 rings (SSSR count). The summed E-state index contributed by atoms with van der Waals surface area (Å²) in [5.41, 5.74) is 1.45. The monoisotopic (exact) mass is 466 g/mol. The minimum atomic E-state index is -0.604. The van der Waals surface area contributed by atoms with E-state index in [0.717, 1.165) is 18.2 Å². The predicted octanol–water partition coefficient (Wildman–Crippen LogP) is 4.54. The van der Waals surface area contributed by atoms with Crippen LogP contribution in [0.5, 0.6) is 5.75 Å². The summed E-state index contributed by atoms with van der Waals surface area (Å²) in [4.78, 5) is 8.82. The second kappa shape index (κ2) is 8.99. The molecule has 1 aromatic heterocycles. The molecule has 0 fully saturated rings. The molecule has 3 aromatic rings. The van der Waals surface area contributed by atoms with E-state index in [1.807, 2.05) is 0 Å². The van der Waals surface area contributed by atoms with E-state index in [1.165, 1.54) is 24.3 Å². The smallest absolute Gasteiger partial charge is 0.163 e. The Morgan fingerprint density at radius 1 is 0.882 bits per heavy atom. The van der Waals surface area contributed by atoms with Crippen molar-refractivity contribution in [1.82, 2.24) is 19.7 Å². The fraction of sp³-hybridized carbons (Fsp3) is 0.125. The number of aliphatic hydroxyl groups excluding tert-OH is 1. The molecule has 2 aromatic carbocycles. The number of halogens is 3. The third-order valence-electron chi connectivity index (χ3n) is 5.07. The van der Waals surface area contributed by atoms with Gasteiger partial charge in [-0.3, -0.25) is 0 Å². The summed E-state index contributed by atoms with van der Waals surface area (Å²) in [5.74, 6) is -0.671. The fourth-order valence-corrected chi connectivity index (χ4v) is 3.49. The lowest BCUT2D eigenvalue weighted by atomic mass is 10.1. The van der Waals surface area contributed by atoms with Gasteiger partial charge in [-0.05, 0) is 42.5 Å². The van der Waals surface area contributed by atoms with Gasteiger partial charge in [0.2, 0.25) is 0 Å². The summed E-state index contributed by atoms with van der Waals surface area (Å²) >= 11 is 0. The first-order valence-electron chi connectivity index (χ1n) is 10.3. The van der Waals surface area contributed by atoms with Crippen LogP contribution in [0.25, 0.3) is 34.0 Å². The zero-order valence-electron chi connectivity index (χ0n) is 17.6. The van der Waals surface area contributed by atoms with Gasteiger partial charge < -0.3 is 18.9 Å². The topological polar surface area (TPSA) is 86.2 Å². The van der Waals surface area contributed by atoms with Crippen molar-refractivity contribution in [2.75, 3.05) is 13.2 Å². The molecule has 2 aliphatic heterocycles. The summed E-state index contributed by atoms with van der Waals surface area (Å²) in [6.45, 7) is 0.179. The van der Waals surface area contributed by atoms with Crippen LogP contribution in [-0.2, 0) is 6.54 Å². The number of hydrogen-bond acceptors (Lipinski definition) is 6. The highest BCUT2D eigenvalue weighted by Gasteiger charge is 2.17. The van der Waals surface area contributed by atoms with Crippen LogP contribution in [0.1, 0.15) is 5.76 Å². The first-order valence-corrected chi connectivity index (χ1v) is 10.3. The summed E-state index contributed by atoms with van der Waals surface area (Å²) in [6, 6.07) is 10.6. The molecule has 0 radical (unpaired) electrons. The van der Waals surface area contributed by atoms with Gasteiger partial charge in [-0.15, -0.1) is 0 Å². The standard InChI is InChI=1S/C24H17F3N4O3/c25-14-1-3-19(26)17(9-14)22-11-16(34-30-22)12-31-6-5-21-23(13-31)29-24(28-21)18-10-15(33-8-7-32)2-4-20(18)27/h1-6,9-11,13,32H,7-8,12H2. The number of hydrogen-bond donors (Lipinski definition) is 1. The molecule has 0 bridgehead atoms. The van der Waals surface area contributed by atoms with E-state index in [1.54, 1.807) is 23.0 Å². The zero-order chi connectivity index (χ0) is 23.7. The average molecular weight is 466 g/mol. The number of nitrogens with zero attached hydrogens (tertiary/aromatic N) is 4. The first-order chi connectivity index (χ1) is 16.5. The maximum Gasteiger partial charge on any atom is 0.163 e. The van der Waals surface area contributed by atoms with E-state index in [2.05, 4.69) is 15.1 Å². The second-order valence-corrected chi connectivity index (χ2v) is 7.45. The van der Waals surface area contributed by atoms with Crippen LogP contribution in [0.3, 0.4) is 0 Å². The molecule has 0 saturated carbocycles. The van der Waals surface area contributed by atoms with Gasteiger partial charge in [-0.25, -0.2) is 23.1 Å². The Labute approximate surface area is 191 Å². The van der Waals surface area contributed by atoms with Gasteiger partial charge in [0.05, 0.1) is 24.4 Å². The Kier molecular flexibility index (Phi) is 5.72. The Hall–Kier alpha value is -4.18. The van der Waals surface area contributed by atoms with E-state index in [9.17, 15) is 13.2 Å². The third kappa shape index (κ3) is 4.35. The number of pyridine rings is 1. The van der Waals surface area contributed by atoms with Crippen LogP contribution >= 0.6 is 0 Å². The van der Waals surface area contributed by atoms with Crippen LogP contribution in [0, 0.1) is 17.5 Å². The van der Waals surface area contributed by atoms with Crippen LogP contribution in [-0.4, -0.2) is 38.0 Å². The molecule has 2 aliphatic rings.